The van der Waals surface area contributed by atoms with Gasteiger partial charge in [-0.15, -0.1) is 0 Å². The maximum atomic E-state index is 12.5. The minimum Gasteiger partial charge on any atom is -0.481 e. The molecule has 1 fully saturated rings. The molecule has 1 aromatic rings. The van der Waals surface area contributed by atoms with Crippen LogP contribution in [0.5, 0.6) is 0 Å². The molecule has 20 heavy (non-hydrogen) atoms. The number of nitrogens with zero attached hydrogens (tertiary/aromatic N) is 3. The number of amides is 1. The third-order valence-electron chi connectivity index (χ3n) is 3.78. The zero-order valence-corrected chi connectivity index (χ0v) is 12.0. The molecule has 1 atom stereocenters. The quantitative estimate of drug-likeness (QED) is 0.901. The van der Waals surface area contributed by atoms with E-state index in [1.165, 1.54) is 0 Å². The van der Waals surface area contributed by atoms with E-state index < -0.39 is 5.97 Å². The lowest BCUT2D eigenvalue weighted by Gasteiger charge is -2.32. The van der Waals surface area contributed by atoms with Crippen LogP contribution in [0.4, 0.5) is 0 Å². The van der Waals surface area contributed by atoms with Crippen LogP contribution in [0.2, 0.25) is 0 Å². The minimum atomic E-state index is -0.793. The number of carbonyl (C=O) groups is 2. The van der Waals surface area contributed by atoms with Crippen LogP contribution < -0.4 is 0 Å². The van der Waals surface area contributed by atoms with Crippen LogP contribution in [0.25, 0.3) is 0 Å². The van der Waals surface area contributed by atoms with Crippen molar-refractivity contribution in [2.75, 3.05) is 13.1 Å². The summed E-state index contributed by atoms with van der Waals surface area (Å²) in [4.78, 5) is 25.0. The van der Waals surface area contributed by atoms with E-state index in [1.807, 2.05) is 13.0 Å². The van der Waals surface area contributed by atoms with Gasteiger partial charge < -0.3 is 10.0 Å². The Morgan fingerprint density at radius 1 is 1.50 bits per heavy atom. The number of piperidine rings is 1. The molecule has 1 N–H and O–H groups in total. The number of aromatic nitrogens is 2. The fraction of sp³-hybridized carbons (Fsp3) is 0.643. The van der Waals surface area contributed by atoms with Gasteiger partial charge in [-0.25, -0.2) is 0 Å². The predicted molar refractivity (Wildman–Crippen MR) is 73.5 cm³/mol. The molecular formula is C14H21N3O3. The normalized spacial score (nSPS) is 19.1. The molecule has 6 heteroatoms. The first kappa shape index (κ1) is 14.6. The van der Waals surface area contributed by atoms with Crippen LogP contribution in [0.1, 0.15) is 42.4 Å². The lowest BCUT2D eigenvalue weighted by molar-refractivity contribution is -0.138. The first-order valence-corrected chi connectivity index (χ1v) is 7.05. The van der Waals surface area contributed by atoms with Gasteiger partial charge in [-0.2, -0.15) is 5.10 Å². The number of rotatable bonds is 4. The number of carboxylic acid groups (broad SMARTS) is 1. The van der Waals surface area contributed by atoms with Gasteiger partial charge >= 0.3 is 5.97 Å². The Kier molecular flexibility index (Phi) is 4.42. The van der Waals surface area contributed by atoms with E-state index >= 15 is 0 Å². The number of carboxylic acids is 1. The third-order valence-corrected chi connectivity index (χ3v) is 3.78. The van der Waals surface area contributed by atoms with Crippen LogP contribution in [0.15, 0.2) is 6.07 Å². The second-order valence-electron chi connectivity index (χ2n) is 5.36. The number of likely N-dealkylation sites (tertiary alicyclic amines) is 1. The molecule has 1 aromatic heterocycles. The number of hydrogen-bond donors (Lipinski definition) is 1. The molecule has 0 spiro atoms. The lowest BCUT2D eigenvalue weighted by Crippen LogP contribution is -2.41. The summed E-state index contributed by atoms with van der Waals surface area (Å²) in [6.45, 7) is 3.22. The predicted octanol–water partition coefficient (Wildman–Crippen LogP) is 1.31. The summed E-state index contributed by atoms with van der Waals surface area (Å²) in [6, 6.07) is 1.82. The Labute approximate surface area is 118 Å². The summed E-state index contributed by atoms with van der Waals surface area (Å²) in [5.41, 5.74) is 1.48. The van der Waals surface area contributed by atoms with E-state index in [2.05, 4.69) is 5.10 Å². The molecule has 1 saturated heterocycles. The van der Waals surface area contributed by atoms with Gasteiger partial charge in [0, 0.05) is 26.6 Å². The summed E-state index contributed by atoms with van der Waals surface area (Å²) in [7, 11) is 1.77. The first-order valence-electron chi connectivity index (χ1n) is 7.05. The largest absolute Gasteiger partial charge is 0.481 e. The van der Waals surface area contributed by atoms with E-state index in [-0.39, 0.29) is 18.2 Å². The van der Waals surface area contributed by atoms with Crippen molar-refractivity contribution in [1.82, 2.24) is 14.7 Å². The highest BCUT2D eigenvalue weighted by molar-refractivity contribution is 5.92. The van der Waals surface area contributed by atoms with Gasteiger partial charge in [0.25, 0.3) is 5.91 Å². The number of aryl methyl sites for hydroxylation is 2. The fourth-order valence-electron chi connectivity index (χ4n) is 2.72. The van der Waals surface area contributed by atoms with E-state index in [0.29, 0.717) is 18.8 Å². The molecule has 2 heterocycles. The molecule has 2 rings (SSSR count). The molecule has 0 saturated carbocycles. The zero-order valence-electron chi connectivity index (χ0n) is 12.0. The number of carbonyl (C=O) groups excluding carboxylic acids is 1. The van der Waals surface area contributed by atoms with Gasteiger partial charge in [-0.05, 0) is 31.2 Å². The fourth-order valence-corrected chi connectivity index (χ4v) is 2.72. The zero-order chi connectivity index (χ0) is 14.7. The average molecular weight is 279 g/mol. The molecule has 6 nitrogen and oxygen atoms in total. The van der Waals surface area contributed by atoms with Crippen molar-refractivity contribution in [2.24, 2.45) is 13.0 Å². The van der Waals surface area contributed by atoms with Gasteiger partial charge in [0.05, 0.1) is 5.69 Å². The molecule has 1 unspecified atom stereocenters. The summed E-state index contributed by atoms with van der Waals surface area (Å²) in [6.07, 6.45) is 2.67. The average Bonchev–Trinajstić information content (AvgIpc) is 2.79. The highest BCUT2D eigenvalue weighted by Gasteiger charge is 2.27. The Morgan fingerprint density at radius 3 is 2.85 bits per heavy atom. The second-order valence-corrected chi connectivity index (χ2v) is 5.36. The van der Waals surface area contributed by atoms with Crippen molar-refractivity contribution in [3.63, 3.8) is 0 Å². The standard InChI is InChI=1S/C14H21N3O3/c1-3-11-8-12(16(2)15-11)14(20)17-6-4-5-10(9-17)7-13(18)19/h8,10H,3-7,9H2,1-2H3,(H,18,19). The number of hydrogen-bond acceptors (Lipinski definition) is 3. The van der Waals surface area contributed by atoms with E-state index in [9.17, 15) is 9.59 Å². The third kappa shape index (κ3) is 3.18. The Hall–Kier alpha value is -1.85. The Bertz CT molecular complexity index is 510. The maximum absolute atomic E-state index is 12.5. The van der Waals surface area contributed by atoms with Crippen molar-refractivity contribution in [3.05, 3.63) is 17.5 Å². The van der Waals surface area contributed by atoms with Crippen molar-refractivity contribution in [2.45, 2.75) is 32.6 Å². The monoisotopic (exact) mass is 279 g/mol. The first-order chi connectivity index (χ1) is 9.51. The van der Waals surface area contributed by atoms with Crippen LogP contribution in [-0.2, 0) is 18.3 Å². The summed E-state index contributed by atoms with van der Waals surface area (Å²) >= 11 is 0. The Balaban J connectivity index is 2.07. The molecule has 110 valence electrons. The molecule has 1 aliphatic rings. The van der Waals surface area contributed by atoms with Crippen LogP contribution in [0, 0.1) is 5.92 Å². The van der Waals surface area contributed by atoms with Crippen molar-refractivity contribution < 1.29 is 14.7 Å². The van der Waals surface area contributed by atoms with Crippen molar-refractivity contribution in [1.29, 1.82) is 0 Å². The van der Waals surface area contributed by atoms with Gasteiger partial charge in [0.1, 0.15) is 5.69 Å². The van der Waals surface area contributed by atoms with Crippen LogP contribution in [-0.4, -0.2) is 44.8 Å². The molecule has 0 aliphatic carbocycles. The summed E-state index contributed by atoms with van der Waals surface area (Å²) in [5.74, 6) is -0.781. The van der Waals surface area contributed by atoms with Crippen LogP contribution >= 0.6 is 0 Å². The second kappa shape index (κ2) is 6.07. The summed E-state index contributed by atoms with van der Waals surface area (Å²) < 4.78 is 1.61. The highest BCUT2D eigenvalue weighted by Crippen LogP contribution is 2.21. The van der Waals surface area contributed by atoms with E-state index in [0.717, 1.165) is 25.0 Å². The molecule has 0 radical (unpaired) electrons. The van der Waals surface area contributed by atoms with Crippen LogP contribution in [0.3, 0.4) is 0 Å². The van der Waals surface area contributed by atoms with Crippen molar-refractivity contribution >= 4 is 11.9 Å². The molecule has 0 bridgehead atoms. The number of aliphatic carboxylic acids is 1. The topological polar surface area (TPSA) is 75.4 Å². The van der Waals surface area contributed by atoms with Gasteiger partial charge in [0.15, 0.2) is 0 Å². The van der Waals surface area contributed by atoms with E-state index in [1.54, 1.807) is 16.6 Å². The van der Waals surface area contributed by atoms with Crippen molar-refractivity contribution in [3.8, 4) is 0 Å². The summed E-state index contributed by atoms with van der Waals surface area (Å²) in [5, 5.41) is 13.2. The molecule has 1 amide bonds. The van der Waals surface area contributed by atoms with Gasteiger partial charge in [-0.3, -0.25) is 14.3 Å². The van der Waals surface area contributed by atoms with Gasteiger partial charge in [-0.1, -0.05) is 6.92 Å². The molecular weight excluding hydrogens is 258 g/mol. The Morgan fingerprint density at radius 2 is 2.25 bits per heavy atom. The molecule has 1 aliphatic heterocycles. The van der Waals surface area contributed by atoms with E-state index in [4.69, 9.17) is 5.11 Å². The lowest BCUT2D eigenvalue weighted by atomic mass is 9.94. The SMILES string of the molecule is CCc1cc(C(=O)N2CCCC(CC(=O)O)C2)n(C)n1. The van der Waals surface area contributed by atoms with Gasteiger partial charge in [0.2, 0.25) is 0 Å². The minimum absolute atomic E-state index is 0.0465. The smallest absolute Gasteiger partial charge is 0.303 e. The maximum Gasteiger partial charge on any atom is 0.303 e. The highest BCUT2D eigenvalue weighted by atomic mass is 16.4. The molecule has 0 aromatic carbocycles.